The van der Waals surface area contributed by atoms with Gasteiger partial charge in [0.15, 0.2) is 0 Å². The van der Waals surface area contributed by atoms with Crippen LogP contribution in [0.5, 0.6) is 0 Å². The lowest BCUT2D eigenvalue weighted by molar-refractivity contribution is -0.00963. The number of nitrogens with one attached hydrogen (secondary N) is 1. The highest BCUT2D eigenvalue weighted by molar-refractivity contribution is 14.1. The van der Waals surface area contributed by atoms with Crippen molar-refractivity contribution in [2.45, 2.75) is 16.2 Å². The standard InChI is InChI=1S/C16H22ClIN2O4/c17-8-14-11-23-7-6-20(14)9-13(19-16(21)22)10-24-15(18)12-4-2-1-3-5-12/h1-5,13-15,19H,6-11H2,(H,21,22)/t13-,14?,15?/m0/s1. The SMILES string of the molecule is O=C(O)N[C@H](COC(I)c1ccccc1)CN1CCOCC1CCl. The quantitative estimate of drug-likeness (QED) is 0.453. The molecule has 2 N–H and O–H groups in total. The van der Waals surface area contributed by atoms with Crippen molar-refractivity contribution in [2.75, 3.05) is 38.8 Å². The first kappa shape index (κ1) is 19.7. The van der Waals surface area contributed by atoms with Gasteiger partial charge in [-0.15, -0.1) is 11.6 Å². The van der Waals surface area contributed by atoms with E-state index in [-0.39, 0.29) is 16.2 Å². The van der Waals surface area contributed by atoms with Gasteiger partial charge in [-0.05, 0) is 28.2 Å². The molecular weight excluding hydrogens is 447 g/mol. The highest BCUT2D eigenvalue weighted by Crippen LogP contribution is 2.24. The van der Waals surface area contributed by atoms with E-state index in [1.807, 2.05) is 30.3 Å². The Bertz CT molecular complexity index is 508. The molecule has 2 unspecified atom stereocenters. The minimum Gasteiger partial charge on any atom is -0.465 e. The fourth-order valence-corrected chi connectivity index (χ4v) is 3.48. The van der Waals surface area contributed by atoms with Gasteiger partial charge in [-0.2, -0.15) is 0 Å². The smallest absolute Gasteiger partial charge is 0.405 e. The fraction of sp³-hybridized carbons (Fsp3) is 0.562. The number of carboxylic acid groups (broad SMARTS) is 1. The van der Waals surface area contributed by atoms with Crippen molar-refractivity contribution < 1.29 is 19.4 Å². The van der Waals surface area contributed by atoms with Crippen LogP contribution >= 0.6 is 34.2 Å². The molecule has 1 saturated heterocycles. The third-order valence-electron chi connectivity index (χ3n) is 3.82. The topological polar surface area (TPSA) is 71.0 Å². The zero-order valence-corrected chi connectivity index (χ0v) is 16.1. The van der Waals surface area contributed by atoms with Crippen molar-refractivity contribution in [2.24, 2.45) is 0 Å². The van der Waals surface area contributed by atoms with E-state index in [4.69, 9.17) is 26.2 Å². The van der Waals surface area contributed by atoms with Crippen LogP contribution in [0.25, 0.3) is 0 Å². The number of morpholine rings is 1. The van der Waals surface area contributed by atoms with Gasteiger partial charge in [0.25, 0.3) is 0 Å². The zero-order valence-electron chi connectivity index (χ0n) is 13.2. The third kappa shape index (κ3) is 6.36. The summed E-state index contributed by atoms with van der Waals surface area (Å²) in [7, 11) is 0. The van der Waals surface area contributed by atoms with Crippen LogP contribution in [-0.2, 0) is 9.47 Å². The summed E-state index contributed by atoms with van der Waals surface area (Å²) in [6.45, 7) is 2.78. The summed E-state index contributed by atoms with van der Waals surface area (Å²) in [5, 5.41) is 11.6. The van der Waals surface area contributed by atoms with Crippen molar-refractivity contribution >= 4 is 40.3 Å². The van der Waals surface area contributed by atoms with Gasteiger partial charge in [-0.1, -0.05) is 30.3 Å². The first-order valence-corrected chi connectivity index (χ1v) is 9.56. The van der Waals surface area contributed by atoms with Gasteiger partial charge in [0, 0.05) is 25.0 Å². The summed E-state index contributed by atoms with van der Waals surface area (Å²) in [6.07, 6.45) is -1.05. The van der Waals surface area contributed by atoms with Crippen molar-refractivity contribution in [1.29, 1.82) is 0 Å². The Morgan fingerprint density at radius 2 is 2.25 bits per heavy atom. The molecule has 1 aliphatic heterocycles. The molecular formula is C16H22ClIN2O4. The van der Waals surface area contributed by atoms with E-state index in [9.17, 15) is 4.79 Å². The van der Waals surface area contributed by atoms with Crippen LogP contribution in [-0.4, -0.2) is 67.0 Å². The molecule has 1 fully saturated rings. The minimum absolute atomic E-state index is 0.100. The fourth-order valence-electron chi connectivity index (χ4n) is 2.57. The number of amides is 1. The van der Waals surface area contributed by atoms with Crippen LogP contribution in [0.3, 0.4) is 0 Å². The molecule has 134 valence electrons. The Balaban J connectivity index is 1.91. The van der Waals surface area contributed by atoms with Gasteiger partial charge in [0.2, 0.25) is 0 Å². The Labute approximate surface area is 160 Å². The van der Waals surface area contributed by atoms with Crippen LogP contribution < -0.4 is 5.32 Å². The van der Waals surface area contributed by atoms with Gasteiger partial charge in [-0.3, -0.25) is 4.90 Å². The van der Waals surface area contributed by atoms with E-state index in [0.29, 0.717) is 32.2 Å². The summed E-state index contributed by atoms with van der Waals surface area (Å²) in [4.78, 5) is 13.2. The zero-order chi connectivity index (χ0) is 17.4. The van der Waals surface area contributed by atoms with Crippen LogP contribution in [0.15, 0.2) is 30.3 Å². The lowest BCUT2D eigenvalue weighted by Gasteiger charge is -2.36. The van der Waals surface area contributed by atoms with Gasteiger partial charge < -0.3 is 19.9 Å². The molecule has 24 heavy (non-hydrogen) atoms. The monoisotopic (exact) mass is 468 g/mol. The van der Waals surface area contributed by atoms with Crippen molar-refractivity contribution in [3.63, 3.8) is 0 Å². The number of alkyl halides is 2. The lowest BCUT2D eigenvalue weighted by atomic mass is 10.2. The van der Waals surface area contributed by atoms with E-state index in [0.717, 1.165) is 12.1 Å². The number of halogens is 2. The molecule has 1 aliphatic rings. The first-order valence-electron chi connectivity index (χ1n) is 7.78. The second kappa shape index (κ2) is 10.4. The highest BCUT2D eigenvalue weighted by Gasteiger charge is 2.26. The summed E-state index contributed by atoms with van der Waals surface area (Å²) < 4.78 is 11.2. The first-order chi connectivity index (χ1) is 11.6. The Hall–Kier alpha value is -0.610. The molecule has 1 amide bonds. The van der Waals surface area contributed by atoms with Crippen LogP contribution in [0.1, 0.15) is 9.67 Å². The minimum atomic E-state index is -1.05. The van der Waals surface area contributed by atoms with Gasteiger partial charge in [-0.25, -0.2) is 4.79 Å². The molecule has 6 nitrogen and oxygen atoms in total. The second-order valence-corrected chi connectivity index (χ2v) is 7.02. The maximum absolute atomic E-state index is 11.1. The van der Waals surface area contributed by atoms with Gasteiger partial charge in [0.05, 0.1) is 25.9 Å². The van der Waals surface area contributed by atoms with E-state index in [1.165, 1.54) is 0 Å². The number of nitrogens with zero attached hydrogens (tertiary/aromatic N) is 1. The van der Waals surface area contributed by atoms with E-state index >= 15 is 0 Å². The third-order valence-corrected chi connectivity index (χ3v) is 5.25. The Kier molecular flexibility index (Phi) is 8.54. The molecule has 1 aromatic carbocycles. The maximum Gasteiger partial charge on any atom is 0.405 e. The summed E-state index contributed by atoms with van der Waals surface area (Å²) in [5.41, 5.74) is 1.05. The molecule has 0 aliphatic carbocycles. The van der Waals surface area contributed by atoms with Crippen molar-refractivity contribution in [1.82, 2.24) is 10.2 Å². The average molecular weight is 469 g/mol. The maximum atomic E-state index is 11.1. The molecule has 1 heterocycles. The number of hydrogen-bond acceptors (Lipinski definition) is 4. The van der Waals surface area contributed by atoms with Crippen LogP contribution in [0.2, 0.25) is 0 Å². The van der Waals surface area contributed by atoms with Crippen LogP contribution in [0, 0.1) is 0 Å². The molecule has 8 heteroatoms. The summed E-state index contributed by atoms with van der Waals surface area (Å²) in [6, 6.07) is 9.61. The predicted octanol–water partition coefficient (Wildman–Crippen LogP) is 2.71. The number of ether oxygens (including phenoxy) is 2. The number of benzene rings is 1. The largest absolute Gasteiger partial charge is 0.465 e. The van der Waals surface area contributed by atoms with Crippen molar-refractivity contribution in [3.8, 4) is 0 Å². The Morgan fingerprint density at radius 3 is 2.92 bits per heavy atom. The van der Waals surface area contributed by atoms with Crippen LogP contribution in [0.4, 0.5) is 4.79 Å². The number of carbonyl (C=O) groups is 1. The molecule has 0 bridgehead atoms. The predicted molar refractivity (Wildman–Crippen MR) is 101 cm³/mol. The van der Waals surface area contributed by atoms with E-state index < -0.39 is 6.09 Å². The molecule has 0 spiro atoms. The molecule has 3 atom stereocenters. The second-order valence-electron chi connectivity index (χ2n) is 5.58. The van der Waals surface area contributed by atoms with Gasteiger partial charge in [0.1, 0.15) is 4.11 Å². The summed E-state index contributed by atoms with van der Waals surface area (Å²) in [5.74, 6) is 0.458. The highest BCUT2D eigenvalue weighted by atomic mass is 127. The summed E-state index contributed by atoms with van der Waals surface area (Å²) >= 11 is 8.19. The lowest BCUT2D eigenvalue weighted by Crippen LogP contribution is -2.53. The normalized spacial score (nSPS) is 21.2. The number of hydrogen-bond donors (Lipinski definition) is 2. The van der Waals surface area contributed by atoms with Crippen molar-refractivity contribution in [3.05, 3.63) is 35.9 Å². The van der Waals surface area contributed by atoms with E-state index in [2.05, 4.69) is 32.8 Å². The Morgan fingerprint density at radius 1 is 1.50 bits per heavy atom. The van der Waals surface area contributed by atoms with E-state index in [1.54, 1.807) is 0 Å². The molecule has 0 radical (unpaired) electrons. The molecule has 0 saturated carbocycles. The molecule has 2 rings (SSSR count). The number of rotatable bonds is 8. The average Bonchev–Trinajstić information content (AvgIpc) is 2.60. The van der Waals surface area contributed by atoms with Gasteiger partial charge >= 0.3 is 6.09 Å². The molecule has 1 aromatic rings. The molecule has 0 aromatic heterocycles.